The molecule has 152 valence electrons. The normalized spacial score (nSPS) is 10.9. The van der Waals surface area contributed by atoms with Crippen LogP contribution in [0.3, 0.4) is 0 Å². The monoisotopic (exact) mass is 478 g/mol. The lowest BCUT2D eigenvalue weighted by Gasteiger charge is -2.12. The highest BCUT2D eigenvalue weighted by Gasteiger charge is 2.16. The minimum atomic E-state index is -0.473. The number of fused-ring (bicyclic) bond motifs is 1. The number of halogens is 2. The molecule has 0 unspecified atom stereocenters. The zero-order valence-electron chi connectivity index (χ0n) is 16.1. The molecule has 1 aromatic heterocycles. The van der Waals surface area contributed by atoms with Crippen molar-refractivity contribution in [1.82, 2.24) is 0 Å². The first-order valence-corrected chi connectivity index (χ1v) is 10.3. The quantitative estimate of drug-likeness (QED) is 0.326. The smallest absolute Gasteiger partial charge is 0.339 e. The third kappa shape index (κ3) is 5.19. The van der Waals surface area contributed by atoms with Gasteiger partial charge in [-0.15, -0.1) is 0 Å². The van der Waals surface area contributed by atoms with Crippen molar-refractivity contribution in [3.63, 3.8) is 0 Å². The van der Waals surface area contributed by atoms with Crippen molar-refractivity contribution >= 4 is 44.5 Å². The molecule has 0 spiro atoms. The van der Waals surface area contributed by atoms with E-state index in [0.29, 0.717) is 40.5 Å². The summed E-state index contributed by atoms with van der Waals surface area (Å²) in [4.78, 5) is 24.1. The molecule has 3 aromatic rings. The summed E-state index contributed by atoms with van der Waals surface area (Å²) in [6, 6.07) is 11.1. The average Bonchev–Trinajstić information content (AvgIpc) is 2.67. The van der Waals surface area contributed by atoms with Crippen LogP contribution < -0.4 is 10.4 Å². The van der Waals surface area contributed by atoms with Gasteiger partial charge in [-0.2, -0.15) is 0 Å². The summed E-state index contributed by atoms with van der Waals surface area (Å²) in [6.07, 6.45) is 0.369. The molecule has 0 aliphatic rings. The number of carbonyl (C=O) groups is 1. The number of ether oxygens (including phenoxy) is 2. The second-order valence-electron chi connectivity index (χ2n) is 6.50. The van der Waals surface area contributed by atoms with E-state index in [1.807, 2.05) is 31.2 Å². The number of benzene rings is 2. The molecular formula is C22H20BrClO5. The van der Waals surface area contributed by atoms with Crippen molar-refractivity contribution in [2.24, 2.45) is 0 Å². The maximum absolute atomic E-state index is 12.4. The number of aryl methyl sites for hydroxylation is 1. The van der Waals surface area contributed by atoms with Crippen molar-refractivity contribution < 1.29 is 18.7 Å². The Hall–Kier alpha value is -2.31. The van der Waals surface area contributed by atoms with Crippen LogP contribution in [-0.4, -0.2) is 12.6 Å². The fourth-order valence-electron chi connectivity index (χ4n) is 3.04. The lowest BCUT2D eigenvalue weighted by Crippen LogP contribution is -2.13. The molecule has 3 rings (SSSR count). The second-order valence-corrected chi connectivity index (χ2v) is 7.82. The SMILES string of the molecule is CCOC(=O)CCc1c(C)c2cc(Cl)c(OCc3cccc(Br)c3)cc2oc1=O. The topological polar surface area (TPSA) is 65.7 Å². The van der Waals surface area contributed by atoms with E-state index in [4.69, 9.17) is 25.5 Å². The molecule has 0 radical (unpaired) electrons. The van der Waals surface area contributed by atoms with Crippen molar-refractivity contribution in [2.45, 2.75) is 33.3 Å². The standard InChI is InChI=1S/C22H20BrClO5/c1-3-27-21(25)8-7-16-13(2)17-10-18(24)20(11-19(17)29-22(16)26)28-12-14-5-4-6-15(23)9-14/h4-6,9-11H,3,7-8,12H2,1-2H3. The summed E-state index contributed by atoms with van der Waals surface area (Å²) in [5, 5.41) is 1.13. The van der Waals surface area contributed by atoms with E-state index in [1.165, 1.54) is 0 Å². The maximum Gasteiger partial charge on any atom is 0.339 e. The van der Waals surface area contributed by atoms with Gasteiger partial charge in [-0.1, -0.05) is 39.7 Å². The van der Waals surface area contributed by atoms with E-state index in [-0.39, 0.29) is 18.8 Å². The fourth-order valence-corrected chi connectivity index (χ4v) is 3.70. The Balaban J connectivity index is 1.87. The number of hydrogen-bond acceptors (Lipinski definition) is 5. The first-order valence-electron chi connectivity index (χ1n) is 9.17. The van der Waals surface area contributed by atoms with Crippen LogP contribution in [0.2, 0.25) is 5.02 Å². The van der Waals surface area contributed by atoms with Gasteiger partial charge in [0.1, 0.15) is 17.9 Å². The molecule has 0 saturated carbocycles. The molecule has 0 atom stereocenters. The predicted molar refractivity (Wildman–Crippen MR) is 116 cm³/mol. The van der Waals surface area contributed by atoms with Gasteiger partial charge in [-0.3, -0.25) is 4.79 Å². The zero-order valence-corrected chi connectivity index (χ0v) is 18.4. The van der Waals surface area contributed by atoms with Crippen molar-refractivity contribution in [1.29, 1.82) is 0 Å². The van der Waals surface area contributed by atoms with Crippen LogP contribution in [0.25, 0.3) is 11.0 Å². The van der Waals surface area contributed by atoms with Gasteiger partial charge in [0, 0.05) is 27.9 Å². The summed E-state index contributed by atoms with van der Waals surface area (Å²) >= 11 is 9.83. The Labute approximate surface area is 181 Å². The molecule has 0 aliphatic heterocycles. The van der Waals surface area contributed by atoms with Crippen molar-refractivity contribution in [3.05, 3.63) is 73.0 Å². The second kappa shape index (κ2) is 9.46. The van der Waals surface area contributed by atoms with E-state index in [9.17, 15) is 9.59 Å². The summed E-state index contributed by atoms with van der Waals surface area (Å²) < 4.78 is 17.2. The molecule has 0 N–H and O–H groups in total. The van der Waals surface area contributed by atoms with Crippen LogP contribution in [-0.2, 0) is 22.6 Å². The molecular weight excluding hydrogens is 460 g/mol. The van der Waals surface area contributed by atoms with E-state index < -0.39 is 5.63 Å². The van der Waals surface area contributed by atoms with Gasteiger partial charge < -0.3 is 13.9 Å². The Morgan fingerprint density at radius 3 is 2.76 bits per heavy atom. The lowest BCUT2D eigenvalue weighted by molar-refractivity contribution is -0.143. The molecule has 7 heteroatoms. The Bertz CT molecular complexity index is 1110. The van der Waals surface area contributed by atoms with Crippen molar-refractivity contribution in [3.8, 4) is 5.75 Å². The van der Waals surface area contributed by atoms with Crippen LogP contribution >= 0.6 is 27.5 Å². The lowest BCUT2D eigenvalue weighted by atomic mass is 10.0. The van der Waals surface area contributed by atoms with Gasteiger partial charge in [0.2, 0.25) is 0 Å². The number of carbonyl (C=O) groups excluding carboxylic acids is 1. The Kier molecular flexibility index (Phi) is 6.98. The third-order valence-electron chi connectivity index (χ3n) is 4.51. The highest BCUT2D eigenvalue weighted by Crippen LogP contribution is 2.32. The fraction of sp³-hybridized carbons (Fsp3) is 0.273. The van der Waals surface area contributed by atoms with Crippen LogP contribution in [0.4, 0.5) is 0 Å². The van der Waals surface area contributed by atoms with E-state index >= 15 is 0 Å². The van der Waals surface area contributed by atoms with E-state index in [2.05, 4.69) is 15.9 Å². The highest BCUT2D eigenvalue weighted by atomic mass is 79.9. The molecule has 1 heterocycles. The summed E-state index contributed by atoms with van der Waals surface area (Å²) in [6.45, 7) is 4.19. The van der Waals surface area contributed by atoms with Gasteiger partial charge in [-0.05, 0) is 49.6 Å². The zero-order chi connectivity index (χ0) is 21.0. The summed E-state index contributed by atoms with van der Waals surface area (Å²) in [5.41, 5.74) is 2.08. The third-order valence-corrected chi connectivity index (χ3v) is 5.30. The largest absolute Gasteiger partial charge is 0.487 e. The summed E-state index contributed by atoms with van der Waals surface area (Å²) in [5.74, 6) is 0.0849. The minimum absolute atomic E-state index is 0.118. The molecule has 29 heavy (non-hydrogen) atoms. The first kappa shape index (κ1) is 21.4. The first-order chi connectivity index (χ1) is 13.9. The molecule has 0 saturated heterocycles. The number of rotatable bonds is 7. The maximum atomic E-state index is 12.4. The molecule has 0 amide bonds. The molecule has 5 nitrogen and oxygen atoms in total. The Morgan fingerprint density at radius 2 is 2.03 bits per heavy atom. The van der Waals surface area contributed by atoms with Crippen LogP contribution in [0.1, 0.15) is 30.0 Å². The molecule has 0 aliphatic carbocycles. The summed E-state index contributed by atoms with van der Waals surface area (Å²) in [7, 11) is 0. The van der Waals surface area contributed by atoms with Gasteiger partial charge in [0.05, 0.1) is 11.6 Å². The van der Waals surface area contributed by atoms with E-state index in [0.717, 1.165) is 15.6 Å². The van der Waals surface area contributed by atoms with Crippen LogP contribution in [0, 0.1) is 6.92 Å². The van der Waals surface area contributed by atoms with Gasteiger partial charge >= 0.3 is 11.6 Å². The van der Waals surface area contributed by atoms with Crippen molar-refractivity contribution in [2.75, 3.05) is 6.61 Å². The van der Waals surface area contributed by atoms with Gasteiger partial charge in [0.25, 0.3) is 0 Å². The number of esters is 1. The number of hydrogen-bond donors (Lipinski definition) is 0. The predicted octanol–water partition coefficient (Wildman–Crippen LogP) is 5.59. The average molecular weight is 480 g/mol. The van der Waals surface area contributed by atoms with Gasteiger partial charge in [-0.25, -0.2) is 4.79 Å². The minimum Gasteiger partial charge on any atom is -0.487 e. The molecule has 0 bridgehead atoms. The Morgan fingerprint density at radius 1 is 1.24 bits per heavy atom. The highest BCUT2D eigenvalue weighted by molar-refractivity contribution is 9.10. The molecule has 2 aromatic carbocycles. The van der Waals surface area contributed by atoms with Crippen LogP contribution in [0.15, 0.2) is 50.1 Å². The molecule has 0 fully saturated rings. The van der Waals surface area contributed by atoms with Crippen LogP contribution in [0.5, 0.6) is 5.75 Å². The van der Waals surface area contributed by atoms with E-state index in [1.54, 1.807) is 19.1 Å². The van der Waals surface area contributed by atoms with Gasteiger partial charge in [0.15, 0.2) is 0 Å².